The molecule has 12 heteroatoms. The molecular formula is C22H36NO9RfSi-. The number of nitro groups is 1. The number of nitro benzene ring substituents is 1. The molecule has 1 rings (SSSR count). The van der Waals surface area contributed by atoms with Crippen molar-refractivity contribution in [1.29, 1.82) is 0 Å². The van der Waals surface area contributed by atoms with Crippen LogP contribution < -0.4 is 9.47 Å². The molecule has 0 aromatic heterocycles. The van der Waals surface area contributed by atoms with Crippen LogP contribution in [-0.2, 0) is 29.4 Å². The summed E-state index contributed by atoms with van der Waals surface area (Å²) in [7, 11) is -1.31. The van der Waals surface area contributed by atoms with Crippen LogP contribution in [0.25, 0.3) is 0 Å². The summed E-state index contributed by atoms with van der Waals surface area (Å²) < 4.78 is 33.4. The number of esters is 1. The molecule has 0 spiro atoms. The molecule has 0 heterocycles. The molecule has 190 valence electrons. The molecule has 0 bridgehead atoms. The molecule has 34 heavy (non-hydrogen) atoms. The Kier molecular flexibility index (Phi) is 14.9. The maximum Gasteiger partial charge on any atom is 0.500 e. The topological polar surface area (TPSA) is 116 Å². The van der Waals surface area contributed by atoms with Gasteiger partial charge < -0.3 is 34.4 Å². The van der Waals surface area contributed by atoms with Crippen LogP contribution in [0.15, 0.2) is 12.1 Å². The van der Waals surface area contributed by atoms with E-state index in [2.05, 4.69) is 6.92 Å². The van der Waals surface area contributed by atoms with Gasteiger partial charge in [-0.1, -0.05) is 0 Å². The molecule has 1 aromatic rings. The van der Waals surface area contributed by atoms with Crippen molar-refractivity contribution in [3.8, 4) is 11.5 Å². The van der Waals surface area contributed by atoms with Crippen molar-refractivity contribution < 1.29 is 37.2 Å². The number of unbranched alkanes of at least 4 members (excludes halogenated alkanes) is 1. The Bertz CT molecular complexity index is 734. The van der Waals surface area contributed by atoms with E-state index in [1.54, 1.807) is 0 Å². The number of benzene rings is 1. The van der Waals surface area contributed by atoms with Gasteiger partial charge in [-0.2, -0.15) is 0 Å². The van der Waals surface area contributed by atoms with E-state index in [0.717, 1.165) is 0 Å². The summed E-state index contributed by atoms with van der Waals surface area (Å²) >= 11 is 0. The van der Waals surface area contributed by atoms with Crippen LogP contribution in [0.1, 0.15) is 52.0 Å². The number of ether oxygens (including phenoxy) is 3. The van der Waals surface area contributed by atoms with Gasteiger partial charge in [-0.3, -0.25) is 14.9 Å². The van der Waals surface area contributed by atoms with Gasteiger partial charge in [0.2, 0.25) is 0 Å². The van der Waals surface area contributed by atoms with E-state index in [4.69, 9.17) is 27.5 Å². The summed E-state index contributed by atoms with van der Waals surface area (Å²) in [5.41, 5.74) is 0.0197. The quantitative estimate of drug-likeness (QED) is 0.0535. The molecule has 0 fully saturated rings. The molecular weight excluding hydrogens is 717 g/mol. The SMILES string of the molecule is [CH2-]CCOc1cc([N+](=O)[O-])c(COC(=O)CCCC[Si](OCC)(OCC)OCC)cc1OC.[Rf]. The Morgan fingerprint density at radius 1 is 1.06 bits per heavy atom. The van der Waals surface area contributed by atoms with E-state index in [0.29, 0.717) is 57.5 Å². The van der Waals surface area contributed by atoms with Crippen LogP contribution in [0.5, 0.6) is 11.5 Å². The number of hydrogen-bond donors (Lipinski definition) is 0. The average Bonchev–Trinajstić information content (AvgIpc) is 2.79. The second-order valence-electron chi connectivity index (χ2n) is 6.94. The Morgan fingerprint density at radius 2 is 1.68 bits per heavy atom. The van der Waals surface area contributed by atoms with Crippen LogP contribution in [0.3, 0.4) is 0 Å². The zero-order valence-electron chi connectivity index (χ0n) is 20.8. The number of nitrogens with zero attached hydrogens (tertiary/aromatic N) is 1. The minimum atomic E-state index is -2.74. The standard InChI is InChI=1S/C22H36NO9Si.Rf/c1-6-13-28-21-16-19(23(25)26)18(15-20(21)27-5)17-29-22(24)12-10-11-14-33(30-7-2,31-8-3)32-9-4;/h15-16H,1,6-14,17H2,2-5H3;/q-1;. The van der Waals surface area contributed by atoms with Crippen molar-refractivity contribution in [1.82, 2.24) is 0 Å². The van der Waals surface area contributed by atoms with E-state index in [1.807, 2.05) is 20.8 Å². The van der Waals surface area contributed by atoms with E-state index in [1.165, 1.54) is 19.2 Å². The molecule has 0 amide bonds. The monoisotopic (exact) mass is 753 g/mol. The van der Waals surface area contributed by atoms with Crippen molar-refractivity contribution in [3.05, 3.63) is 34.7 Å². The third-order valence-corrected chi connectivity index (χ3v) is 7.71. The third kappa shape index (κ3) is 9.73. The van der Waals surface area contributed by atoms with Gasteiger partial charge in [-0.25, -0.2) is 0 Å². The Morgan fingerprint density at radius 3 is 2.18 bits per heavy atom. The fraction of sp³-hybridized carbons (Fsp3) is 0.636. The van der Waals surface area contributed by atoms with Crippen LogP contribution in [0.4, 0.5) is 5.69 Å². The van der Waals surface area contributed by atoms with Crippen LogP contribution in [-0.4, -0.2) is 53.2 Å². The maximum atomic E-state index is 12.2. The Hall–Kier alpha value is -3.21. The van der Waals surface area contributed by atoms with Gasteiger partial charge in [0.15, 0.2) is 11.5 Å². The number of methoxy groups -OCH3 is 1. The fourth-order valence-electron chi connectivity index (χ4n) is 3.17. The van der Waals surface area contributed by atoms with Crippen molar-refractivity contribution in [2.75, 3.05) is 33.5 Å². The van der Waals surface area contributed by atoms with Gasteiger partial charge >= 0.3 is 14.8 Å². The summed E-state index contributed by atoms with van der Waals surface area (Å²) in [6.45, 7) is 10.9. The smallest absolute Gasteiger partial charge is 0.493 e. The van der Waals surface area contributed by atoms with Crippen molar-refractivity contribution in [2.24, 2.45) is 0 Å². The van der Waals surface area contributed by atoms with E-state index in [-0.39, 0.29) is 30.0 Å². The number of carbonyl (C=O) groups excluding carboxylic acids is 1. The molecule has 0 N–H and O–H groups in total. The summed E-state index contributed by atoms with van der Waals surface area (Å²) in [5, 5.41) is 11.5. The molecule has 0 saturated carbocycles. The molecule has 0 unspecified atom stereocenters. The normalized spacial score (nSPS) is 11.0. The first-order valence-corrected chi connectivity index (χ1v) is 13.1. The average molecular weight is 754 g/mol. The predicted octanol–water partition coefficient (Wildman–Crippen LogP) is 4.47. The third-order valence-electron chi connectivity index (χ3n) is 4.56. The second kappa shape index (κ2) is 16.4. The van der Waals surface area contributed by atoms with E-state index >= 15 is 0 Å². The number of rotatable bonds is 18. The van der Waals surface area contributed by atoms with Crippen molar-refractivity contribution in [2.45, 2.75) is 59.1 Å². The first-order chi connectivity index (χ1) is 15.9. The zero-order chi connectivity index (χ0) is 24.7. The summed E-state index contributed by atoms with van der Waals surface area (Å²) in [4.78, 5) is 23.2. The van der Waals surface area contributed by atoms with Crippen molar-refractivity contribution >= 4 is 20.5 Å². The minimum Gasteiger partial charge on any atom is -0.493 e. The molecule has 10 nitrogen and oxygen atoms in total. The molecule has 0 atom stereocenters. The van der Waals surface area contributed by atoms with Gasteiger partial charge in [0.25, 0.3) is 5.69 Å². The zero-order valence-corrected chi connectivity index (χ0v) is 28.2. The van der Waals surface area contributed by atoms with Gasteiger partial charge in [0, 0.05) is 32.3 Å². The van der Waals surface area contributed by atoms with Gasteiger partial charge in [0.05, 0.1) is 30.3 Å². The van der Waals surface area contributed by atoms with Gasteiger partial charge in [0.1, 0.15) is 6.61 Å². The summed E-state index contributed by atoms with van der Waals surface area (Å²) in [6, 6.07) is 3.33. The summed E-state index contributed by atoms with van der Waals surface area (Å²) in [5.74, 6) is 0.120. The molecule has 0 aliphatic carbocycles. The van der Waals surface area contributed by atoms with Crippen molar-refractivity contribution in [3.63, 3.8) is 0 Å². The van der Waals surface area contributed by atoms with Gasteiger partial charge in [-0.05, 0) is 39.7 Å². The first kappa shape index (κ1) is 30.8. The van der Waals surface area contributed by atoms with E-state index in [9.17, 15) is 14.9 Å². The van der Waals surface area contributed by atoms with Gasteiger partial charge in [-0.15, -0.1) is 6.42 Å². The van der Waals surface area contributed by atoms with Crippen LogP contribution in [0, 0.1) is 17.0 Å². The number of carbonyl (C=O) groups is 1. The molecule has 0 aliphatic rings. The molecule has 0 saturated heterocycles. The molecule has 0 aliphatic heterocycles. The van der Waals surface area contributed by atoms with Crippen LogP contribution >= 0.6 is 0 Å². The maximum absolute atomic E-state index is 12.2. The molecule has 1 aromatic carbocycles. The second-order valence-corrected chi connectivity index (χ2v) is 9.67. The largest absolute Gasteiger partial charge is 0.500 e. The minimum absolute atomic E-state index is 0. The predicted molar refractivity (Wildman–Crippen MR) is 124 cm³/mol. The number of hydrogen-bond acceptors (Lipinski definition) is 9. The van der Waals surface area contributed by atoms with E-state index < -0.39 is 19.7 Å². The fourth-order valence-corrected chi connectivity index (χ4v) is 5.86. The first-order valence-electron chi connectivity index (χ1n) is 11.2. The Labute approximate surface area is 197 Å². The Balaban J connectivity index is 0.0000109. The molecule has 0 radical (unpaired) electrons. The van der Waals surface area contributed by atoms with Crippen LogP contribution in [0.2, 0.25) is 6.04 Å². The summed E-state index contributed by atoms with van der Waals surface area (Å²) in [6.07, 6.45) is 1.90.